The van der Waals surface area contributed by atoms with Crippen LogP contribution in [0.25, 0.3) is 0 Å². The maximum absolute atomic E-state index is 5.50. The molecule has 0 saturated heterocycles. The van der Waals surface area contributed by atoms with E-state index in [4.69, 9.17) is 9.47 Å². The molecule has 0 spiro atoms. The summed E-state index contributed by atoms with van der Waals surface area (Å²) in [5, 5.41) is 6.25. The fraction of sp³-hybridized carbons (Fsp3) is 0.235. The number of hydrogen-bond acceptors (Lipinski definition) is 4. The van der Waals surface area contributed by atoms with Crippen LogP contribution < -0.4 is 14.5 Å². The normalized spacial score (nSPS) is 10.6. The second kappa shape index (κ2) is 7.33. The first-order chi connectivity index (χ1) is 10.2. The highest BCUT2D eigenvalue weighted by Crippen LogP contribution is 2.27. The lowest BCUT2D eigenvalue weighted by molar-refractivity contribution is 0.311. The van der Waals surface area contributed by atoms with Gasteiger partial charge in [0, 0.05) is 7.05 Å². The first-order valence-corrected chi connectivity index (χ1v) is 6.88. The lowest BCUT2D eigenvalue weighted by Crippen LogP contribution is -2.08. The predicted molar refractivity (Wildman–Crippen MR) is 86.6 cm³/mol. The fourth-order valence-electron chi connectivity index (χ4n) is 1.90. The van der Waals surface area contributed by atoms with Crippen molar-refractivity contribution in [3.8, 4) is 11.5 Å². The molecule has 0 aromatic heterocycles. The second-order valence-corrected chi connectivity index (χ2v) is 4.45. The molecule has 4 heteroatoms. The highest BCUT2D eigenvalue weighted by atomic mass is 16.5. The Hall–Kier alpha value is -2.49. The molecule has 0 aliphatic rings. The summed E-state index contributed by atoms with van der Waals surface area (Å²) < 4.78 is 10.8. The third-order valence-corrected chi connectivity index (χ3v) is 3.00. The van der Waals surface area contributed by atoms with Crippen molar-refractivity contribution >= 4 is 11.9 Å². The topological polar surface area (TPSA) is 34.1 Å². The summed E-state index contributed by atoms with van der Waals surface area (Å²) in [4.78, 5) is 0. The number of benzene rings is 2. The van der Waals surface area contributed by atoms with Crippen LogP contribution in [0.4, 0.5) is 5.69 Å². The van der Waals surface area contributed by atoms with Crippen molar-refractivity contribution in [1.29, 1.82) is 0 Å². The summed E-state index contributed by atoms with van der Waals surface area (Å²) >= 11 is 0. The summed E-state index contributed by atoms with van der Waals surface area (Å²) in [5.41, 5.74) is 1.99. The lowest BCUT2D eigenvalue weighted by Gasteiger charge is -2.13. The van der Waals surface area contributed by atoms with Gasteiger partial charge in [0.25, 0.3) is 0 Å². The fourth-order valence-corrected chi connectivity index (χ4v) is 1.90. The molecule has 110 valence electrons. The van der Waals surface area contributed by atoms with Crippen molar-refractivity contribution in [2.45, 2.75) is 6.92 Å². The molecule has 0 heterocycles. The van der Waals surface area contributed by atoms with E-state index < -0.39 is 0 Å². The molecule has 0 radical (unpaired) electrons. The summed E-state index contributed by atoms with van der Waals surface area (Å²) in [6.07, 6.45) is 1.80. The van der Waals surface area contributed by atoms with Crippen LogP contribution in [0, 0.1) is 0 Å². The Morgan fingerprint density at radius 3 is 2.52 bits per heavy atom. The van der Waals surface area contributed by atoms with Gasteiger partial charge >= 0.3 is 0 Å². The van der Waals surface area contributed by atoms with Crippen LogP contribution in [0.5, 0.6) is 11.5 Å². The molecule has 0 atom stereocenters. The number of methoxy groups -OCH3 is 1. The molecule has 2 rings (SSSR count). The number of hydrazone groups is 1. The summed E-state index contributed by atoms with van der Waals surface area (Å²) in [6, 6.07) is 15.7. The standard InChI is InChI=1S/C17H20N2O2/c1-4-21-16-11-10-14(12-17(16)20-3)13-18-19(2)15-8-6-5-7-9-15/h5-13H,4H2,1-3H3. The van der Waals surface area contributed by atoms with E-state index in [1.54, 1.807) is 13.3 Å². The van der Waals surface area contributed by atoms with Crippen LogP contribution >= 0.6 is 0 Å². The lowest BCUT2D eigenvalue weighted by atomic mass is 10.2. The van der Waals surface area contributed by atoms with Crippen LogP contribution in [0.1, 0.15) is 12.5 Å². The molecule has 21 heavy (non-hydrogen) atoms. The second-order valence-electron chi connectivity index (χ2n) is 4.45. The number of para-hydroxylation sites is 1. The van der Waals surface area contributed by atoms with E-state index >= 15 is 0 Å². The van der Waals surface area contributed by atoms with Gasteiger partial charge in [0.05, 0.1) is 25.6 Å². The van der Waals surface area contributed by atoms with Gasteiger partial charge in [0.1, 0.15) is 0 Å². The zero-order valence-corrected chi connectivity index (χ0v) is 12.6. The van der Waals surface area contributed by atoms with E-state index in [0.29, 0.717) is 12.4 Å². The van der Waals surface area contributed by atoms with E-state index in [9.17, 15) is 0 Å². The van der Waals surface area contributed by atoms with Gasteiger partial charge < -0.3 is 9.47 Å². The maximum Gasteiger partial charge on any atom is 0.161 e. The van der Waals surface area contributed by atoms with E-state index in [2.05, 4.69) is 5.10 Å². The predicted octanol–water partition coefficient (Wildman–Crippen LogP) is 3.56. The summed E-state index contributed by atoms with van der Waals surface area (Å²) in [5.74, 6) is 1.46. The highest BCUT2D eigenvalue weighted by Gasteiger charge is 2.04. The Labute approximate surface area is 125 Å². The monoisotopic (exact) mass is 284 g/mol. The van der Waals surface area contributed by atoms with Crippen molar-refractivity contribution in [2.24, 2.45) is 5.10 Å². The molecule has 0 N–H and O–H groups in total. The van der Waals surface area contributed by atoms with Gasteiger partial charge in [0.15, 0.2) is 11.5 Å². The first kappa shape index (κ1) is 14.9. The SMILES string of the molecule is CCOc1ccc(C=NN(C)c2ccccc2)cc1OC. The zero-order chi connectivity index (χ0) is 15.1. The van der Waals surface area contributed by atoms with Gasteiger partial charge in [-0.25, -0.2) is 0 Å². The van der Waals surface area contributed by atoms with Gasteiger partial charge in [-0.1, -0.05) is 18.2 Å². The molecule has 0 saturated carbocycles. The van der Waals surface area contributed by atoms with Crippen LogP contribution in [-0.2, 0) is 0 Å². The Kier molecular flexibility index (Phi) is 5.21. The molecule has 2 aromatic carbocycles. The molecule has 0 amide bonds. The Bertz CT molecular complexity index is 597. The third-order valence-electron chi connectivity index (χ3n) is 3.00. The summed E-state index contributed by atoms with van der Waals surface area (Å²) in [6.45, 7) is 2.56. The van der Waals surface area contributed by atoms with Crippen molar-refractivity contribution in [3.05, 3.63) is 54.1 Å². The molecular formula is C17H20N2O2. The van der Waals surface area contributed by atoms with Gasteiger partial charge in [-0.05, 0) is 42.8 Å². The van der Waals surface area contributed by atoms with Crippen LogP contribution in [-0.4, -0.2) is 27.0 Å². The van der Waals surface area contributed by atoms with E-state index in [1.165, 1.54) is 0 Å². The van der Waals surface area contributed by atoms with Gasteiger partial charge in [-0.15, -0.1) is 0 Å². The van der Waals surface area contributed by atoms with Crippen molar-refractivity contribution in [2.75, 3.05) is 25.8 Å². The molecular weight excluding hydrogens is 264 g/mol. The molecule has 0 aliphatic heterocycles. The van der Waals surface area contributed by atoms with Crippen LogP contribution in [0.15, 0.2) is 53.6 Å². The molecule has 2 aromatic rings. The van der Waals surface area contributed by atoms with Crippen molar-refractivity contribution in [1.82, 2.24) is 0 Å². The van der Waals surface area contributed by atoms with E-state index in [-0.39, 0.29) is 0 Å². The molecule has 0 bridgehead atoms. The minimum atomic E-state index is 0.612. The van der Waals surface area contributed by atoms with Crippen LogP contribution in [0.3, 0.4) is 0 Å². The van der Waals surface area contributed by atoms with Gasteiger partial charge in [0.2, 0.25) is 0 Å². The molecule has 4 nitrogen and oxygen atoms in total. The van der Waals surface area contributed by atoms with E-state index in [1.807, 2.05) is 67.5 Å². The number of ether oxygens (including phenoxy) is 2. The Morgan fingerprint density at radius 2 is 1.86 bits per heavy atom. The van der Waals surface area contributed by atoms with Crippen LogP contribution in [0.2, 0.25) is 0 Å². The summed E-state index contributed by atoms with van der Waals surface area (Å²) in [7, 11) is 3.55. The smallest absolute Gasteiger partial charge is 0.161 e. The molecule has 0 unspecified atom stereocenters. The highest BCUT2D eigenvalue weighted by molar-refractivity contribution is 5.81. The zero-order valence-electron chi connectivity index (χ0n) is 12.6. The minimum absolute atomic E-state index is 0.612. The quantitative estimate of drug-likeness (QED) is 0.601. The largest absolute Gasteiger partial charge is 0.493 e. The number of anilines is 1. The number of hydrogen-bond donors (Lipinski definition) is 0. The Morgan fingerprint density at radius 1 is 1.10 bits per heavy atom. The van der Waals surface area contributed by atoms with Gasteiger partial charge in [-0.3, -0.25) is 5.01 Å². The average Bonchev–Trinajstić information content (AvgIpc) is 2.54. The number of rotatable bonds is 6. The van der Waals surface area contributed by atoms with Crippen molar-refractivity contribution in [3.63, 3.8) is 0 Å². The number of nitrogens with zero attached hydrogens (tertiary/aromatic N) is 2. The van der Waals surface area contributed by atoms with E-state index in [0.717, 1.165) is 17.0 Å². The maximum atomic E-state index is 5.50. The average molecular weight is 284 g/mol. The van der Waals surface area contributed by atoms with Gasteiger partial charge in [-0.2, -0.15) is 5.10 Å². The third kappa shape index (κ3) is 3.99. The van der Waals surface area contributed by atoms with Crippen molar-refractivity contribution < 1.29 is 9.47 Å². The molecule has 0 fully saturated rings. The Balaban J connectivity index is 2.14. The minimum Gasteiger partial charge on any atom is -0.493 e. The molecule has 0 aliphatic carbocycles. The first-order valence-electron chi connectivity index (χ1n) is 6.88.